The first-order valence-corrected chi connectivity index (χ1v) is 9.75. The first-order chi connectivity index (χ1) is 13.2. The highest BCUT2D eigenvalue weighted by Crippen LogP contribution is 2.31. The van der Waals surface area contributed by atoms with Crippen LogP contribution in [0, 0.1) is 0 Å². The number of hydrogen-bond acceptors (Lipinski definition) is 4. The molecule has 4 heteroatoms. The molecule has 3 aromatic rings. The summed E-state index contributed by atoms with van der Waals surface area (Å²) in [4.78, 5) is 15.5. The van der Waals surface area contributed by atoms with Gasteiger partial charge in [-0.2, -0.15) is 0 Å². The van der Waals surface area contributed by atoms with Crippen LogP contribution in [0.1, 0.15) is 38.2 Å². The molecule has 1 aliphatic heterocycles. The molecule has 0 saturated carbocycles. The zero-order valence-corrected chi connectivity index (χ0v) is 15.6. The Balaban J connectivity index is 1.78. The van der Waals surface area contributed by atoms with Crippen LogP contribution >= 0.6 is 0 Å². The zero-order chi connectivity index (χ0) is 18.8. The van der Waals surface area contributed by atoms with E-state index in [0.29, 0.717) is 34.7 Å². The van der Waals surface area contributed by atoms with Crippen LogP contribution in [0.15, 0.2) is 57.9 Å². The number of rotatable bonds is 4. The van der Waals surface area contributed by atoms with Gasteiger partial charge in [-0.3, -0.25) is 9.69 Å². The second kappa shape index (κ2) is 7.57. The number of phenols is 1. The Morgan fingerprint density at radius 1 is 1.15 bits per heavy atom. The third-order valence-corrected chi connectivity index (χ3v) is 5.69. The quantitative estimate of drug-likeness (QED) is 0.714. The SMILES string of the molecule is CC[C@@H]1CCCCN1Cc1c(O)ccc2c(=O)c(-c3ccccc3)coc12. The van der Waals surface area contributed by atoms with Crippen LogP contribution in [-0.4, -0.2) is 22.6 Å². The molecule has 27 heavy (non-hydrogen) atoms. The second-order valence-corrected chi connectivity index (χ2v) is 7.31. The van der Waals surface area contributed by atoms with Crippen molar-refractivity contribution in [3.8, 4) is 16.9 Å². The van der Waals surface area contributed by atoms with E-state index >= 15 is 0 Å². The molecule has 4 nitrogen and oxygen atoms in total. The first-order valence-electron chi connectivity index (χ1n) is 9.75. The van der Waals surface area contributed by atoms with Gasteiger partial charge in [-0.25, -0.2) is 0 Å². The minimum Gasteiger partial charge on any atom is -0.507 e. The molecule has 140 valence electrons. The minimum absolute atomic E-state index is 0.0608. The molecule has 0 spiro atoms. The van der Waals surface area contributed by atoms with Crippen molar-refractivity contribution >= 4 is 11.0 Å². The predicted molar refractivity (Wildman–Crippen MR) is 108 cm³/mol. The molecule has 1 aliphatic rings. The fourth-order valence-corrected chi connectivity index (χ4v) is 4.15. The Bertz CT molecular complexity index is 994. The highest BCUT2D eigenvalue weighted by atomic mass is 16.3. The third-order valence-electron chi connectivity index (χ3n) is 5.69. The maximum absolute atomic E-state index is 13.0. The average Bonchev–Trinajstić information content (AvgIpc) is 2.71. The molecule has 1 atom stereocenters. The monoisotopic (exact) mass is 363 g/mol. The Kier molecular flexibility index (Phi) is 4.99. The van der Waals surface area contributed by atoms with E-state index in [4.69, 9.17) is 4.42 Å². The topological polar surface area (TPSA) is 53.7 Å². The Hall–Kier alpha value is -2.59. The number of likely N-dealkylation sites (tertiary alicyclic amines) is 1. The number of fused-ring (bicyclic) bond motifs is 1. The van der Waals surface area contributed by atoms with Crippen molar-refractivity contribution in [1.29, 1.82) is 0 Å². The van der Waals surface area contributed by atoms with Gasteiger partial charge in [-0.1, -0.05) is 43.7 Å². The fraction of sp³-hybridized carbons (Fsp3) is 0.348. The number of hydrogen-bond donors (Lipinski definition) is 1. The summed E-state index contributed by atoms with van der Waals surface area (Å²) in [5, 5.41) is 11.0. The second-order valence-electron chi connectivity index (χ2n) is 7.31. The molecule has 1 fully saturated rings. The molecule has 0 radical (unpaired) electrons. The van der Waals surface area contributed by atoms with Crippen molar-refractivity contribution in [1.82, 2.24) is 4.90 Å². The van der Waals surface area contributed by atoms with Crippen LogP contribution < -0.4 is 5.43 Å². The summed E-state index contributed by atoms with van der Waals surface area (Å²) in [5.74, 6) is 0.193. The summed E-state index contributed by atoms with van der Waals surface area (Å²) in [6, 6.07) is 13.3. The molecule has 1 aromatic heterocycles. The van der Waals surface area contributed by atoms with Gasteiger partial charge in [0.15, 0.2) is 0 Å². The first kappa shape index (κ1) is 17.8. The Labute approximate surface area is 159 Å². The van der Waals surface area contributed by atoms with Crippen LogP contribution in [0.5, 0.6) is 5.75 Å². The molecular weight excluding hydrogens is 338 g/mol. The highest BCUT2D eigenvalue weighted by Gasteiger charge is 2.24. The standard InChI is InChI=1S/C23H25NO3/c1-2-17-10-6-7-13-24(17)14-19-21(25)12-11-18-22(26)20(15-27-23(18)19)16-8-4-3-5-9-16/h3-5,8-9,11-12,15,17,25H,2,6-7,10,13-14H2,1H3/t17-/m1/s1. The molecule has 0 unspecified atom stereocenters. The van der Waals surface area contributed by atoms with Crippen molar-refractivity contribution in [2.75, 3.05) is 6.54 Å². The van der Waals surface area contributed by atoms with Crippen molar-refractivity contribution in [3.05, 3.63) is 64.5 Å². The van der Waals surface area contributed by atoms with Crippen molar-refractivity contribution in [2.24, 2.45) is 0 Å². The molecule has 1 saturated heterocycles. The Morgan fingerprint density at radius 2 is 1.96 bits per heavy atom. The summed E-state index contributed by atoms with van der Waals surface area (Å²) in [5.41, 5.74) is 2.54. The molecule has 2 aromatic carbocycles. The van der Waals surface area contributed by atoms with Gasteiger partial charge < -0.3 is 9.52 Å². The molecule has 1 N–H and O–H groups in total. The van der Waals surface area contributed by atoms with Crippen LogP contribution in [0.2, 0.25) is 0 Å². The molecular formula is C23H25NO3. The van der Waals surface area contributed by atoms with Crippen molar-refractivity contribution in [2.45, 2.75) is 45.2 Å². The summed E-state index contributed by atoms with van der Waals surface area (Å²) in [7, 11) is 0. The smallest absolute Gasteiger partial charge is 0.200 e. The van der Waals surface area contributed by atoms with E-state index in [2.05, 4.69) is 11.8 Å². The van der Waals surface area contributed by atoms with E-state index in [1.807, 2.05) is 30.3 Å². The van der Waals surface area contributed by atoms with Crippen LogP contribution in [0.4, 0.5) is 0 Å². The zero-order valence-electron chi connectivity index (χ0n) is 15.6. The molecule has 0 aliphatic carbocycles. The molecule has 2 heterocycles. The summed E-state index contributed by atoms with van der Waals surface area (Å²) >= 11 is 0. The summed E-state index contributed by atoms with van der Waals surface area (Å²) < 4.78 is 5.91. The van der Waals surface area contributed by atoms with E-state index in [1.54, 1.807) is 12.1 Å². The number of nitrogens with zero attached hydrogens (tertiary/aromatic N) is 1. The lowest BCUT2D eigenvalue weighted by Gasteiger charge is -2.35. The van der Waals surface area contributed by atoms with Crippen LogP contribution in [0.3, 0.4) is 0 Å². The minimum atomic E-state index is -0.0608. The maximum atomic E-state index is 13.0. The van der Waals surface area contributed by atoms with Gasteiger partial charge in [0.2, 0.25) is 5.43 Å². The average molecular weight is 363 g/mol. The number of aromatic hydroxyl groups is 1. The predicted octanol–water partition coefficient (Wildman–Crippen LogP) is 4.93. The van der Waals surface area contributed by atoms with E-state index in [-0.39, 0.29) is 11.2 Å². The molecule has 4 rings (SSSR count). The van der Waals surface area contributed by atoms with Crippen LogP contribution in [-0.2, 0) is 6.54 Å². The van der Waals surface area contributed by atoms with Crippen molar-refractivity contribution in [3.63, 3.8) is 0 Å². The highest BCUT2D eigenvalue weighted by molar-refractivity contribution is 5.85. The van der Waals surface area contributed by atoms with Crippen LogP contribution in [0.25, 0.3) is 22.1 Å². The van der Waals surface area contributed by atoms with Gasteiger partial charge >= 0.3 is 0 Å². The largest absolute Gasteiger partial charge is 0.507 e. The lowest BCUT2D eigenvalue weighted by atomic mass is 9.98. The van der Waals surface area contributed by atoms with E-state index in [9.17, 15) is 9.90 Å². The lowest BCUT2D eigenvalue weighted by Crippen LogP contribution is -2.38. The van der Waals surface area contributed by atoms with E-state index in [0.717, 1.165) is 18.5 Å². The van der Waals surface area contributed by atoms with Crippen molar-refractivity contribution < 1.29 is 9.52 Å². The lowest BCUT2D eigenvalue weighted by molar-refractivity contribution is 0.135. The number of phenolic OH excluding ortho intramolecular Hbond substituents is 1. The van der Waals surface area contributed by atoms with Gasteiger partial charge in [0.25, 0.3) is 0 Å². The van der Waals surface area contributed by atoms with Gasteiger partial charge in [0.05, 0.1) is 16.5 Å². The van der Waals surface area contributed by atoms with Gasteiger partial charge in [-0.15, -0.1) is 0 Å². The third kappa shape index (κ3) is 3.37. The Morgan fingerprint density at radius 3 is 2.74 bits per heavy atom. The van der Waals surface area contributed by atoms with Gasteiger partial charge in [-0.05, 0) is 43.5 Å². The maximum Gasteiger partial charge on any atom is 0.200 e. The summed E-state index contributed by atoms with van der Waals surface area (Å²) in [6.45, 7) is 3.83. The van der Waals surface area contributed by atoms with Gasteiger partial charge in [0, 0.05) is 12.6 Å². The van der Waals surface area contributed by atoms with E-state index in [1.165, 1.54) is 25.5 Å². The molecule has 0 bridgehead atoms. The van der Waals surface area contributed by atoms with E-state index < -0.39 is 0 Å². The van der Waals surface area contributed by atoms with Gasteiger partial charge in [0.1, 0.15) is 17.6 Å². The normalized spacial score (nSPS) is 18.0. The summed E-state index contributed by atoms with van der Waals surface area (Å²) in [6.07, 6.45) is 6.23. The molecule has 0 amide bonds. The number of piperidine rings is 1. The number of benzene rings is 2. The fourth-order valence-electron chi connectivity index (χ4n) is 4.15.